The molecule has 0 radical (unpaired) electrons. The van der Waals surface area contributed by atoms with Crippen molar-refractivity contribution in [1.29, 1.82) is 0 Å². The Balaban J connectivity index is 1.49. The van der Waals surface area contributed by atoms with Crippen LogP contribution in [0.4, 0.5) is 0 Å². The quantitative estimate of drug-likeness (QED) is 0.777. The highest BCUT2D eigenvalue weighted by Gasteiger charge is 2.39. The van der Waals surface area contributed by atoms with Gasteiger partial charge in [-0.3, -0.25) is 4.68 Å². The smallest absolute Gasteiger partial charge is 0.0596 e. The molecule has 1 fully saturated rings. The van der Waals surface area contributed by atoms with E-state index in [0.29, 0.717) is 17.9 Å². The molecule has 1 aromatic carbocycles. The first-order valence-corrected chi connectivity index (χ1v) is 9.40. The zero-order chi connectivity index (χ0) is 17.1. The first-order valence-electron chi connectivity index (χ1n) is 9.40. The summed E-state index contributed by atoms with van der Waals surface area (Å²) in [5, 5.41) is 6.18. The van der Waals surface area contributed by atoms with Gasteiger partial charge < -0.3 is 9.88 Å². The highest BCUT2D eigenvalue weighted by molar-refractivity contribution is 5.88. The van der Waals surface area contributed by atoms with Crippen molar-refractivity contribution in [3.63, 3.8) is 0 Å². The molecule has 1 aliphatic carbocycles. The number of piperidine rings is 1. The Morgan fingerprint density at radius 3 is 2.96 bits per heavy atom. The molecule has 0 spiro atoms. The molecule has 130 valence electrons. The number of likely N-dealkylation sites (tertiary alicyclic amines) is 1. The molecule has 2 aromatic heterocycles. The maximum absolute atomic E-state index is 4.69. The standard InChI is InChI=1S/C21H26N4/c1-13-7-14(2)25(23-13)12-15-8-18-17-5-4-6-19-21(17)16(10-22-19)9-20(18)24(3)11-15/h4-7,10,15,18,20,22H,8-9,11-12H2,1-3H3/t15?,18-,20-/m1/s1. The fourth-order valence-electron chi connectivity index (χ4n) is 5.29. The van der Waals surface area contributed by atoms with Gasteiger partial charge in [0.1, 0.15) is 0 Å². The van der Waals surface area contributed by atoms with Crippen molar-refractivity contribution in [2.24, 2.45) is 5.92 Å². The van der Waals surface area contributed by atoms with Crippen molar-refractivity contribution in [2.45, 2.75) is 45.2 Å². The van der Waals surface area contributed by atoms with Crippen molar-refractivity contribution >= 4 is 10.9 Å². The molecule has 1 aliphatic heterocycles. The molecule has 3 atom stereocenters. The molecule has 3 aromatic rings. The van der Waals surface area contributed by atoms with Crippen LogP contribution in [0.25, 0.3) is 10.9 Å². The number of nitrogens with zero attached hydrogens (tertiary/aromatic N) is 3. The van der Waals surface area contributed by atoms with Crippen LogP contribution in [0, 0.1) is 19.8 Å². The molecular weight excluding hydrogens is 308 g/mol. The third-order valence-electron chi connectivity index (χ3n) is 6.35. The van der Waals surface area contributed by atoms with Crippen LogP contribution in [0.5, 0.6) is 0 Å². The lowest BCUT2D eigenvalue weighted by molar-refractivity contribution is 0.101. The lowest BCUT2D eigenvalue weighted by atomic mass is 9.72. The molecule has 4 nitrogen and oxygen atoms in total. The van der Waals surface area contributed by atoms with Crippen LogP contribution in [-0.4, -0.2) is 39.3 Å². The van der Waals surface area contributed by atoms with Gasteiger partial charge in [-0.25, -0.2) is 0 Å². The molecule has 3 heterocycles. The number of fused-ring (bicyclic) bond motifs is 2. The number of H-pyrrole nitrogens is 1. The number of hydrogen-bond donors (Lipinski definition) is 1. The van der Waals surface area contributed by atoms with E-state index in [1.165, 1.54) is 35.0 Å². The van der Waals surface area contributed by atoms with Gasteiger partial charge in [-0.2, -0.15) is 5.10 Å². The molecule has 4 heteroatoms. The summed E-state index contributed by atoms with van der Waals surface area (Å²) in [6, 6.07) is 9.59. The van der Waals surface area contributed by atoms with Gasteiger partial charge in [0.2, 0.25) is 0 Å². The van der Waals surface area contributed by atoms with E-state index in [1.807, 2.05) is 0 Å². The van der Waals surface area contributed by atoms with Crippen LogP contribution in [0.1, 0.15) is 34.9 Å². The van der Waals surface area contributed by atoms with Crippen LogP contribution in [0.2, 0.25) is 0 Å². The SMILES string of the molecule is Cc1cc(C)n(CC2C[C@@H]3c4cccc5[nH]cc(c45)C[C@H]3N(C)C2)n1. The van der Waals surface area contributed by atoms with Gasteiger partial charge >= 0.3 is 0 Å². The predicted octanol–water partition coefficient (Wildman–Crippen LogP) is 3.64. The predicted molar refractivity (Wildman–Crippen MR) is 101 cm³/mol. The van der Waals surface area contributed by atoms with Crippen LogP contribution >= 0.6 is 0 Å². The van der Waals surface area contributed by atoms with E-state index in [0.717, 1.165) is 18.8 Å². The normalized spacial score (nSPS) is 26.1. The average molecular weight is 334 g/mol. The van der Waals surface area contributed by atoms with Gasteiger partial charge in [0.15, 0.2) is 0 Å². The molecule has 1 unspecified atom stereocenters. The van der Waals surface area contributed by atoms with Gasteiger partial charge in [-0.1, -0.05) is 12.1 Å². The summed E-state index contributed by atoms with van der Waals surface area (Å²) < 4.78 is 2.21. The number of likely N-dealkylation sites (N-methyl/N-ethyl adjacent to an activating group) is 1. The van der Waals surface area contributed by atoms with Crippen LogP contribution in [0.15, 0.2) is 30.5 Å². The van der Waals surface area contributed by atoms with Crippen molar-refractivity contribution < 1.29 is 0 Å². The van der Waals surface area contributed by atoms with E-state index in [-0.39, 0.29) is 0 Å². The lowest BCUT2D eigenvalue weighted by Gasteiger charge is -2.45. The molecule has 1 saturated heterocycles. The minimum absolute atomic E-state index is 0.630. The molecule has 0 amide bonds. The van der Waals surface area contributed by atoms with Gasteiger partial charge in [0, 0.05) is 47.8 Å². The van der Waals surface area contributed by atoms with Crippen LogP contribution in [-0.2, 0) is 13.0 Å². The summed E-state index contributed by atoms with van der Waals surface area (Å²) in [5.41, 5.74) is 6.75. The summed E-state index contributed by atoms with van der Waals surface area (Å²) in [4.78, 5) is 6.07. The fraction of sp³-hybridized carbons (Fsp3) is 0.476. The highest BCUT2D eigenvalue weighted by atomic mass is 15.3. The van der Waals surface area contributed by atoms with E-state index in [4.69, 9.17) is 5.10 Å². The molecule has 2 aliphatic rings. The number of aromatic nitrogens is 3. The maximum atomic E-state index is 4.69. The molecule has 0 bridgehead atoms. The third kappa shape index (κ3) is 2.35. The van der Waals surface area contributed by atoms with E-state index in [9.17, 15) is 0 Å². The van der Waals surface area contributed by atoms with Crippen molar-refractivity contribution in [2.75, 3.05) is 13.6 Å². The zero-order valence-electron chi connectivity index (χ0n) is 15.3. The Kier molecular flexibility index (Phi) is 3.32. The number of aromatic amines is 1. The maximum Gasteiger partial charge on any atom is 0.0596 e. The summed E-state index contributed by atoms with van der Waals surface area (Å²) in [5.74, 6) is 1.28. The Morgan fingerprint density at radius 1 is 1.28 bits per heavy atom. The second-order valence-corrected chi connectivity index (χ2v) is 8.11. The van der Waals surface area contributed by atoms with Crippen LogP contribution < -0.4 is 0 Å². The fourth-order valence-corrected chi connectivity index (χ4v) is 5.29. The first-order chi connectivity index (χ1) is 12.1. The highest BCUT2D eigenvalue weighted by Crippen LogP contribution is 2.44. The molecule has 0 saturated carbocycles. The third-order valence-corrected chi connectivity index (χ3v) is 6.35. The summed E-state index contributed by atoms with van der Waals surface area (Å²) in [6.07, 6.45) is 4.65. The topological polar surface area (TPSA) is 36.9 Å². The second kappa shape index (κ2) is 5.46. The Morgan fingerprint density at radius 2 is 2.16 bits per heavy atom. The average Bonchev–Trinajstić information content (AvgIpc) is 3.13. The monoisotopic (exact) mass is 334 g/mol. The number of nitrogens with one attached hydrogen (secondary N) is 1. The number of rotatable bonds is 2. The first kappa shape index (κ1) is 15.2. The molecule has 5 rings (SSSR count). The van der Waals surface area contributed by atoms with Gasteiger partial charge in [-0.05, 0) is 62.9 Å². The second-order valence-electron chi connectivity index (χ2n) is 8.11. The Bertz CT molecular complexity index is 935. The summed E-state index contributed by atoms with van der Waals surface area (Å²) >= 11 is 0. The number of hydrogen-bond acceptors (Lipinski definition) is 2. The van der Waals surface area contributed by atoms with Gasteiger partial charge in [0.05, 0.1) is 5.69 Å². The molecular formula is C21H26N4. The van der Waals surface area contributed by atoms with Crippen molar-refractivity contribution in [3.8, 4) is 0 Å². The largest absolute Gasteiger partial charge is 0.361 e. The van der Waals surface area contributed by atoms with E-state index < -0.39 is 0 Å². The minimum Gasteiger partial charge on any atom is -0.361 e. The van der Waals surface area contributed by atoms with Gasteiger partial charge in [0.25, 0.3) is 0 Å². The summed E-state index contributed by atoms with van der Waals surface area (Å²) in [6.45, 7) is 6.45. The lowest BCUT2D eigenvalue weighted by Crippen LogP contribution is -2.48. The van der Waals surface area contributed by atoms with Crippen LogP contribution in [0.3, 0.4) is 0 Å². The number of aryl methyl sites for hydroxylation is 2. The zero-order valence-corrected chi connectivity index (χ0v) is 15.3. The molecule has 1 N–H and O–H groups in total. The van der Waals surface area contributed by atoms with Crippen molar-refractivity contribution in [3.05, 3.63) is 53.0 Å². The summed E-state index contributed by atoms with van der Waals surface area (Å²) in [7, 11) is 2.31. The minimum atomic E-state index is 0.630. The van der Waals surface area contributed by atoms with Gasteiger partial charge in [-0.15, -0.1) is 0 Å². The van der Waals surface area contributed by atoms with E-state index >= 15 is 0 Å². The van der Waals surface area contributed by atoms with E-state index in [1.54, 1.807) is 5.56 Å². The van der Waals surface area contributed by atoms with Crippen molar-refractivity contribution in [1.82, 2.24) is 19.7 Å². The Hall–Kier alpha value is -2.07. The number of benzene rings is 1. The Labute approximate surface area is 148 Å². The molecule has 25 heavy (non-hydrogen) atoms. The van der Waals surface area contributed by atoms with E-state index in [2.05, 4.69) is 65.9 Å².